The molecule has 5 fully saturated rings. The lowest BCUT2D eigenvalue weighted by Crippen LogP contribution is -2.70. The molecule has 24 nitrogen and oxygen atoms in total. The Hall–Kier alpha value is -7.48. The fraction of sp³-hybridized carbons (Fsp3) is 0.743. The number of fused-ring (bicyclic) bond motifs is 1. The molecular weight excluding hydrogens is 1410 g/mol. The Morgan fingerprint density at radius 2 is 1.20 bits per heavy atom. The third-order valence-electron chi connectivity index (χ3n) is 21.3. The summed E-state index contributed by atoms with van der Waals surface area (Å²) in [5, 5.41) is 9.80. The van der Waals surface area contributed by atoms with Gasteiger partial charge in [-0.05, 0) is 92.7 Å². The minimum Gasteiger partial charge on any atom is -0.343 e. The maximum atomic E-state index is 15.4. The minimum atomic E-state index is -5.97. The Bertz CT molecular complexity index is 3300. The van der Waals surface area contributed by atoms with Crippen LogP contribution in [0.5, 0.6) is 0 Å². The Balaban J connectivity index is 1.45. The highest BCUT2D eigenvalue weighted by Crippen LogP contribution is 2.50. The molecule has 3 aliphatic heterocycles. The first-order valence-electron chi connectivity index (χ1n) is 35.7. The van der Waals surface area contributed by atoms with Crippen LogP contribution in [0.3, 0.4) is 0 Å². The fourth-order valence-electron chi connectivity index (χ4n) is 14.5. The van der Waals surface area contributed by atoms with Gasteiger partial charge in [-0.2, -0.15) is 39.5 Å². The van der Waals surface area contributed by atoms with Crippen molar-refractivity contribution < 1.29 is 97.0 Å². The second kappa shape index (κ2) is 35.3. The number of likely N-dealkylation sites (N-methyl/N-ethyl adjacent to an activating group) is 6. The van der Waals surface area contributed by atoms with E-state index in [9.17, 15) is 65.1 Å². The summed E-state index contributed by atoms with van der Waals surface area (Å²) >= 11 is 6.10. The number of piperidine rings is 1. The zero-order valence-corrected chi connectivity index (χ0v) is 62.1. The third-order valence-corrected chi connectivity index (χ3v) is 21.6. The number of alkyl halides is 9. The van der Waals surface area contributed by atoms with E-state index in [0.717, 1.165) is 73.9 Å². The van der Waals surface area contributed by atoms with Gasteiger partial charge in [0.1, 0.15) is 47.8 Å². The lowest BCUT2D eigenvalue weighted by molar-refractivity contribution is -0.335. The Kier molecular flexibility index (Phi) is 29.0. The highest BCUT2D eigenvalue weighted by molar-refractivity contribution is 6.31. The van der Waals surface area contributed by atoms with E-state index in [-0.39, 0.29) is 87.1 Å². The number of amides is 12. The van der Waals surface area contributed by atoms with Crippen LogP contribution in [-0.4, -0.2) is 257 Å². The first kappa shape index (κ1) is 85.4. The molecule has 1 aromatic carbocycles. The predicted molar refractivity (Wildman–Crippen MR) is 363 cm³/mol. The molecule has 34 heteroatoms. The Labute approximate surface area is 606 Å². The molecule has 4 N–H and O–H groups in total. The van der Waals surface area contributed by atoms with Crippen molar-refractivity contribution in [3.05, 3.63) is 34.3 Å². The van der Waals surface area contributed by atoms with E-state index in [2.05, 4.69) is 21.3 Å². The number of likely N-dealkylation sites (tertiary alicyclic amines) is 1. The zero-order valence-electron chi connectivity index (χ0n) is 61.3. The van der Waals surface area contributed by atoms with E-state index < -0.39 is 210 Å². The number of halogens is 10. The normalized spacial score (nSPS) is 27.1. The maximum Gasteiger partial charge on any atom is 0.417 e. The van der Waals surface area contributed by atoms with Crippen molar-refractivity contribution in [2.24, 2.45) is 23.7 Å². The van der Waals surface area contributed by atoms with Crippen molar-refractivity contribution in [2.75, 3.05) is 81.6 Å². The molecule has 0 bridgehead atoms. The first-order chi connectivity index (χ1) is 48.3. The molecule has 3 saturated heterocycles. The summed E-state index contributed by atoms with van der Waals surface area (Å²) < 4.78 is 132. The lowest BCUT2D eigenvalue weighted by atomic mass is 9.84. The molecule has 9 atom stereocenters. The van der Waals surface area contributed by atoms with Crippen LogP contribution >= 0.6 is 11.6 Å². The van der Waals surface area contributed by atoms with Gasteiger partial charge >= 0.3 is 23.9 Å². The number of carbonyl (C=O) groups is 12. The highest BCUT2D eigenvalue weighted by atomic mass is 35.5. The number of rotatable bonds is 12. The van der Waals surface area contributed by atoms with Crippen LogP contribution in [-0.2, 0) is 70.1 Å². The van der Waals surface area contributed by atoms with E-state index in [1.807, 2.05) is 0 Å². The number of aryl methyl sites for hydroxylation is 1. The molecular formula is C70H102ClF9N12O12. The SMILES string of the molecule is CC[C@H](C)[C@@H]1NC(=O)[C@H](CC(C)C)N(C)C(=O)C[C@@H](C(=O)N2CC(F)(F)C(F)(F)C(F)(F)C2)NC(=O)[C@H]([C@@H](C)CC)N(C)C(=O)C2(CCCC2)NC(=O)C2CCCN2C(=O)[C@H](CCc2ccc(C(F)(F)F)c(Cl)c2)NC(=O)CN(C)C(=O)[C@H](CC2CCCCC2)N(C)C(=O)CN(C)C(=O)CN(C)C1=O. The van der Waals surface area contributed by atoms with Crippen LogP contribution in [0.4, 0.5) is 39.5 Å². The van der Waals surface area contributed by atoms with Crippen molar-refractivity contribution in [3.63, 3.8) is 0 Å². The zero-order chi connectivity index (χ0) is 78.1. The average molecular weight is 1510 g/mol. The monoisotopic (exact) mass is 1510 g/mol. The van der Waals surface area contributed by atoms with Crippen molar-refractivity contribution in [2.45, 2.75) is 229 Å². The minimum absolute atomic E-state index is 0.00534. The smallest absolute Gasteiger partial charge is 0.343 e. The number of nitrogens with one attached hydrogen (secondary N) is 4. The van der Waals surface area contributed by atoms with Crippen molar-refractivity contribution in [3.8, 4) is 0 Å². The van der Waals surface area contributed by atoms with Gasteiger partial charge in [0.25, 0.3) is 0 Å². The molecule has 104 heavy (non-hydrogen) atoms. The fourth-order valence-corrected chi connectivity index (χ4v) is 14.8. The molecule has 3 heterocycles. The molecule has 1 aromatic rings. The highest BCUT2D eigenvalue weighted by Gasteiger charge is 2.75. The van der Waals surface area contributed by atoms with Gasteiger partial charge in [0.2, 0.25) is 70.9 Å². The van der Waals surface area contributed by atoms with Gasteiger partial charge < -0.3 is 60.5 Å². The summed E-state index contributed by atoms with van der Waals surface area (Å²) in [6.07, 6.45) is -1.57. The standard InChI is InChI=1S/C70H102ClF9N12O12/c1-13-41(5)56-64(103)87(9)36-54(95)85(7)37-55(96)89(11)51(33-43-21-16-15-17-22-43)63(102)86(8)35-52(93)81-47(27-25-44-24-26-45(46(71)32-44)69(76,77)78)62(101)92-30-20-23-49(92)59(98)84-66(28-18-19-29-66)65(104)90(12)57(42(6)14-2)60(99)82-48(34-53(94)88(10)50(31-40(3)4)58(97)83-56)61(100)91-38-67(72,73)70(79,80)68(74,75)39-91/h24,26,32,40-43,47-51,56-57H,13-23,25,27-31,33-39H2,1-12H3,(H,81,93)(H,82,99)(H,83,97)(H,84,98)/t41-,42-,47-,48-,49?,50-,51-,56-,57-/m0/s1. The molecule has 1 spiro atoms. The van der Waals surface area contributed by atoms with E-state index in [1.54, 1.807) is 34.6 Å². The maximum absolute atomic E-state index is 15.4. The molecule has 1 unspecified atom stereocenters. The lowest BCUT2D eigenvalue weighted by Gasteiger charge is -2.44. The molecule has 0 aromatic heterocycles. The Morgan fingerprint density at radius 3 is 1.77 bits per heavy atom. The summed E-state index contributed by atoms with van der Waals surface area (Å²) in [6, 6.07) is -8.31. The summed E-state index contributed by atoms with van der Waals surface area (Å²) in [4.78, 5) is 184. The van der Waals surface area contributed by atoms with E-state index in [4.69, 9.17) is 11.6 Å². The van der Waals surface area contributed by atoms with Crippen molar-refractivity contribution in [1.29, 1.82) is 0 Å². The largest absolute Gasteiger partial charge is 0.417 e. The molecule has 6 rings (SSSR count). The summed E-state index contributed by atoms with van der Waals surface area (Å²) in [5.41, 5.74) is -2.76. The van der Waals surface area contributed by atoms with Crippen LogP contribution in [0.25, 0.3) is 0 Å². The molecule has 2 saturated carbocycles. The van der Waals surface area contributed by atoms with Crippen molar-refractivity contribution >= 4 is 82.5 Å². The first-order valence-corrected chi connectivity index (χ1v) is 36.1. The van der Waals surface area contributed by atoms with Gasteiger partial charge in [-0.25, -0.2) is 0 Å². The topological polar surface area (TPSA) is 279 Å². The summed E-state index contributed by atoms with van der Waals surface area (Å²) in [6.45, 7) is 2.97. The van der Waals surface area contributed by atoms with Gasteiger partial charge in [-0.3, -0.25) is 57.5 Å². The van der Waals surface area contributed by atoms with Gasteiger partial charge in [-0.1, -0.05) is 117 Å². The van der Waals surface area contributed by atoms with Crippen LogP contribution in [0, 0.1) is 23.7 Å². The van der Waals surface area contributed by atoms with Crippen molar-refractivity contribution in [1.82, 2.24) is 60.5 Å². The number of nitrogens with zero attached hydrogens (tertiary/aromatic N) is 8. The van der Waals surface area contributed by atoms with E-state index in [1.165, 1.54) is 47.1 Å². The van der Waals surface area contributed by atoms with Gasteiger partial charge in [-0.15, -0.1) is 0 Å². The average Bonchev–Trinajstić information content (AvgIpc) is 0.927. The number of hydrogen-bond acceptors (Lipinski definition) is 12. The van der Waals surface area contributed by atoms with E-state index in [0.29, 0.717) is 25.7 Å². The number of benzene rings is 1. The second-order valence-corrected chi connectivity index (χ2v) is 30.0. The number of hydrogen-bond donors (Lipinski definition) is 4. The summed E-state index contributed by atoms with van der Waals surface area (Å²) in [7, 11) is 7.47. The number of carbonyl (C=O) groups excluding carboxylic acids is 12. The molecule has 0 radical (unpaired) electrons. The van der Waals surface area contributed by atoms with Crippen LogP contribution in [0.15, 0.2) is 18.2 Å². The molecule has 5 aliphatic rings. The van der Waals surface area contributed by atoms with Crippen LogP contribution < -0.4 is 21.3 Å². The third kappa shape index (κ3) is 20.2. The van der Waals surface area contributed by atoms with E-state index >= 15 is 31.9 Å². The van der Waals surface area contributed by atoms with Crippen LogP contribution in [0.1, 0.15) is 162 Å². The molecule has 584 valence electrons. The van der Waals surface area contributed by atoms with Crippen LogP contribution in [0.2, 0.25) is 5.02 Å². The predicted octanol–water partition coefficient (Wildman–Crippen LogP) is 6.28. The second-order valence-electron chi connectivity index (χ2n) is 29.5. The molecule has 12 amide bonds. The molecule has 2 aliphatic carbocycles. The Morgan fingerprint density at radius 1 is 0.625 bits per heavy atom. The van der Waals surface area contributed by atoms with Gasteiger partial charge in [0, 0.05) is 48.8 Å². The summed E-state index contributed by atoms with van der Waals surface area (Å²) in [5.74, 6) is -31.0. The quantitative estimate of drug-likeness (QED) is 0.168. The van der Waals surface area contributed by atoms with Gasteiger partial charge in [0.15, 0.2) is 0 Å². The van der Waals surface area contributed by atoms with Gasteiger partial charge in [0.05, 0.1) is 49.7 Å².